The predicted molar refractivity (Wildman–Crippen MR) is 77.0 cm³/mol. The molecule has 1 saturated heterocycles. The van der Waals surface area contributed by atoms with Crippen LogP contribution in [0.1, 0.15) is 5.69 Å². The van der Waals surface area contributed by atoms with Gasteiger partial charge in [-0.1, -0.05) is 0 Å². The Morgan fingerprint density at radius 3 is 2.65 bits per heavy atom. The van der Waals surface area contributed by atoms with Gasteiger partial charge in [0.2, 0.25) is 5.43 Å². The molecule has 0 amide bonds. The molecule has 0 atom stereocenters. The summed E-state index contributed by atoms with van der Waals surface area (Å²) in [5, 5.41) is 9.62. The van der Waals surface area contributed by atoms with Crippen molar-refractivity contribution in [2.75, 3.05) is 46.9 Å². The second-order valence-electron chi connectivity index (χ2n) is 5.40. The minimum absolute atomic E-state index is 0.186. The number of hydrogen-bond acceptors (Lipinski definition) is 5. The van der Waals surface area contributed by atoms with Crippen molar-refractivity contribution in [3.63, 3.8) is 0 Å². The van der Waals surface area contributed by atoms with E-state index in [0.717, 1.165) is 45.1 Å². The summed E-state index contributed by atoms with van der Waals surface area (Å²) in [5.41, 5.74) is 0.607. The van der Waals surface area contributed by atoms with E-state index < -0.39 is 0 Å². The first kappa shape index (κ1) is 15.0. The second kappa shape index (κ2) is 6.88. The van der Waals surface area contributed by atoms with Crippen molar-refractivity contribution in [2.24, 2.45) is 0 Å². The van der Waals surface area contributed by atoms with Crippen LogP contribution in [0.2, 0.25) is 0 Å². The highest BCUT2D eigenvalue weighted by Gasteiger charge is 2.12. The lowest BCUT2D eigenvalue weighted by Crippen LogP contribution is -2.38. The molecule has 112 valence electrons. The van der Waals surface area contributed by atoms with Crippen LogP contribution in [0.3, 0.4) is 0 Å². The first-order chi connectivity index (χ1) is 9.56. The third-order valence-electron chi connectivity index (χ3n) is 3.44. The minimum atomic E-state index is -0.315. The Kier molecular flexibility index (Phi) is 5.17. The first-order valence-electron chi connectivity index (χ1n) is 6.93. The molecule has 0 bridgehead atoms. The molecule has 6 nitrogen and oxygen atoms in total. The Morgan fingerprint density at radius 2 is 2.00 bits per heavy atom. The Hall–Kier alpha value is -1.37. The van der Waals surface area contributed by atoms with Crippen molar-refractivity contribution in [2.45, 2.75) is 13.1 Å². The largest absolute Gasteiger partial charge is 0.503 e. The molecule has 1 N–H and O–H groups in total. The van der Waals surface area contributed by atoms with Crippen molar-refractivity contribution >= 4 is 0 Å². The number of aromatic nitrogens is 1. The van der Waals surface area contributed by atoms with E-state index in [1.807, 2.05) is 23.6 Å². The van der Waals surface area contributed by atoms with Crippen LogP contribution in [0.15, 0.2) is 17.1 Å². The third kappa shape index (κ3) is 4.06. The molecule has 20 heavy (non-hydrogen) atoms. The maximum absolute atomic E-state index is 11.6. The highest BCUT2D eigenvalue weighted by Crippen LogP contribution is 2.08. The summed E-state index contributed by atoms with van der Waals surface area (Å²) < 4.78 is 7.29. The molecule has 1 aliphatic rings. The minimum Gasteiger partial charge on any atom is -0.503 e. The maximum atomic E-state index is 11.6. The summed E-state index contributed by atoms with van der Waals surface area (Å²) in [6.45, 7) is 5.77. The van der Waals surface area contributed by atoms with Gasteiger partial charge in [0.15, 0.2) is 5.75 Å². The van der Waals surface area contributed by atoms with Gasteiger partial charge in [0, 0.05) is 44.5 Å². The molecule has 1 aliphatic heterocycles. The van der Waals surface area contributed by atoms with Gasteiger partial charge in [0.05, 0.1) is 19.4 Å². The molecule has 2 heterocycles. The van der Waals surface area contributed by atoms with E-state index in [9.17, 15) is 9.90 Å². The Bertz CT molecular complexity index is 493. The van der Waals surface area contributed by atoms with Crippen LogP contribution >= 0.6 is 0 Å². The van der Waals surface area contributed by atoms with E-state index in [1.165, 1.54) is 6.07 Å². The molecular formula is C14H23N3O3. The molecule has 6 heteroatoms. The summed E-state index contributed by atoms with van der Waals surface area (Å²) >= 11 is 0. The van der Waals surface area contributed by atoms with Gasteiger partial charge in [-0.15, -0.1) is 0 Å². The van der Waals surface area contributed by atoms with Crippen LogP contribution in [0.5, 0.6) is 5.75 Å². The van der Waals surface area contributed by atoms with Crippen LogP contribution < -0.4 is 5.43 Å². The van der Waals surface area contributed by atoms with Gasteiger partial charge in [-0.25, -0.2) is 0 Å². The van der Waals surface area contributed by atoms with Crippen molar-refractivity contribution in [1.82, 2.24) is 14.4 Å². The number of nitrogens with zero attached hydrogens (tertiary/aromatic N) is 3. The zero-order valence-corrected chi connectivity index (χ0v) is 12.2. The van der Waals surface area contributed by atoms with Gasteiger partial charge in [-0.3, -0.25) is 9.69 Å². The summed E-state index contributed by atoms with van der Waals surface area (Å²) in [5.74, 6) is -0.186. The molecule has 1 aromatic rings. The fourth-order valence-corrected chi connectivity index (χ4v) is 2.34. The lowest BCUT2D eigenvalue weighted by atomic mass is 10.3. The highest BCUT2D eigenvalue weighted by atomic mass is 16.5. The average Bonchev–Trinajstić information content (AvgIpc) is 2.42. The number of rotatable bonds is 5. The highest BCUT2D eigenvalue weighted by molar-refractivity contribution is 5.20. The van der Waals surface area contributed by atoms with Gasteiger partial charge in [0.25, 0.3) is 0 Å². The zero-order chi connectivity index (χ0) is 14.5. The van der Waals surface area contributed by atoms with Crippen LogP contribution in [-0.4, -0.2) is 66.4 Å². The molecule has 1 fully saturated rings. The molecule has 1 aromatic heterocycles. The number of pyridine rings is 1. The number of aromatic hydroxyl groups is 1. The SMILES string of the molecule is CN(C)Cc1cc(=O)c(O)cn1CCN1CCOCC1. The maximum Gasteiger partial charge on any atom is 0.223 e. The average molecular weight is 281 g/mol. The van der Waals surface area contributed by atoms with Gasteiger partial charge in [-0.05, 0) is 14.1 Å². The zero-order valence-electron chi connectivity index (χ0n) is 12.2. The van der Waals surface area contributed by atoms with Gasteiger partial charge >= 0.3 is 0 Å². The van der Waals surface area contributed by atoms with Gasteiger partial charge in [-0.2, -0.15) is 0 Å². The first-order valence-corrected chi connectivity index (χ1v) is 6.93. The van der Waals surface area contributed by atoms with Crippen molar-refractivity contribution < 1.29 is 9.84 Å². The molecule has 2 rings (SSSR count). The summed E-state index contributed by atoms with van der Waals surface area (Å²) in [7, 11) is 3.92. The molecule has 0 spiro atoms. The van der Waals surface area contributed by atoms with Crippen LogP contribution in [0.25, 0.3) is 0 Å². The standard InChI is InChI=1S/C14H23N3O3/c1-15(2)10-12-9-13(18)14(19)11-17(12)4-3-16-5-7-20-8-6-16/h9,11,19H,3-8,10H2,1-2H3. The molecule has 0 unspecified atom stereocenters. The molecule has 0 aliphatic carbocycles. The summed E-state index contributed by atoms with van der Waals surface area (Å²) in [6.07, 6.45) is 1.54. The fraction of sp³-hybridized carbons (Fsp3) is 0.643. The number of morpholine rings is 1. The summed E-state index contributed by atoms with van der Waals surface area (Å²) in [4.78, 5) is 15.9. The normalized spacial score (nSPS) is 16.8. The number of hydrogen-bond donors (Lipinski definition) is 1. The lowest BCUT2D eigenvalue weighted by molar-refractivity contribution is 0.0362. The van der Waals surface area contributed by atoms with Crippen LogP contribution in [0.4, 0.5) is 0 Å². The second-order valence-corrected chi connectivity index (χ2v) is 5.40. The van der Waals surface area contributed by atoms with Crippen LogP contribution in [-0.2, 0) is 17.8 Å². The molecular weight excluding hydrogens is 258 g/mol. The van der Waals surface area contributed by atoms with E-state index in [2.05, 4.69) is 4.90 Å². The molecule has 0 radical (unpaired) electrons. The lowest BCUT2D eigenvalue weighted by Gasteiger charge is -2.27. The van der Waals surface area contributed by atoms with E-state index >= 15 is 0 Å². The molecule has 0 saturated carbocycles. The Morgan fingerprint density at radius 1 is 1.30 bits per heavy atom. The van der Waals surface area contributed by atoms with E-state index in [4.69, 9.17) is 4.74 Å². The number of ether oxygens (including phenoxy) is 1. The van der Waals surface area contributed by atoms with Gasteiger partial charge < -0.3 is 19.3 Å². The molecule has 0 aromatic carbocycles. The third-order valence-corrected chi connectivity index (χ3v) is 3.44. The van der Waals surface area contributed by atoms with Gasteiger partial charge in [0.1, 0.15) is 0 Å². The van der Waals surface area contributed by atoms with Crippen molar-refractivity contribution in [3.05, 3.63) is 28.2 Å². The fourth-order valence-electron chi connectivity index (χ4n) is 2.34. The Balaban J connectivity index is 2.08. The van der Waals surface area contributed by atoms with E-state index in [-0.39, 0.29) is 11.2 Å². The Labute approximate surface area is 119 Å². The predicted octanol–water partition coefficient (Wildman–Crippen LogP) is -0.0523. The quantitative estimate of drug-likeness (QED) is 0.820. The van der Waals surface area contributed by atoms with E-state index in [0.29, 0.717) is 6.54 Å². The van der Waals surface area contributed by atoms with E-state index in [1.54, 1.807) is 6.20 Å². The smallest absolute Gasteiger partial charge is 0.223 e. The van der Waals surface area contributed by atoms with Crippen LogP contribution in [0, 0.1) is 0 Å². The summed E-state index contributed by atoms with van der Waals surface area (Å²) in [6, 6.07) is 1.52. The monoisotopic (exact) mass is 281 g/mol. The van der Waals surface area contributed by atoms with Crippen molar-refractivity contribution in [1.29, 1.82) is 0 Å². The topological polar surface area (TPSA) is 57.9 Å². The van der Waals surface area contributed by atoms with Crippen molar-refractivity contribution in [3.8, 4) is 5.75 Å².